The Balaban J connectivity index is 1.36. The number of aromatic nitrogens is 3. The van der Waals surface area contributed by atoms with Crippen LogP contribution in [0.5, 0.6) is 0 Å². The zero-order valence-electron chi connectivity index (χ0n) is 15.4. The van der Waals surface area contributed by atoms with Crippen molar-refractivity contribution in [2.45, 2.75) is 58.2 Å². The van der Waals surface area contributed by atoms with Gasteiger partial charge in [-0.25, -0.2) is 0 Å². The van der Waals surface area contributed by atoms with Gasteiger partial charge in [-0.15, -0.1) is 0 Å². The number of aryl methyl sites for hydroxylation is 3. The van der Waals surface area contributed by atoms with Crippen molar-refractivity contribution in [1.29, 1.82) is 0 Å². The minimum Gasteiger partial charge on any atom is -0.347 e. The summed E-state index contributed by atoms with van der Waals surface area (Å²) in [5.74, 6) is 0.620. The molecular weight excluding hydrogens is 326 g/mol. The van der Waals surface area contributed by atoms with Gasteiger partial charge in [0.05, 0.1) is 23.1 Å². The monoisotopic (exact) mass is 353 g/mol. The average molecular weight is 353 g/mol. The van der Waals surface area contributed by atoms with Gasteiger partial charge in [-0.1, -0.05) is 0 Å². The highest BCUT2D eigenvalue weighted by molar-refractivity contribution is 5.76. The van der Waals surface area contributed by atoms with Crippen molar-refractivity contribution in [2.75, 3.05) is 6.54 Å². The molecule has 6 nitrogen and oxygen atoms in total. The molecule has 2 aromatic heterocycles. The molecule has 1 fully saturated rings. The quantitative estimate of drug-likeness (QED) is 0.836. The molecule has 2 aliphatic rings. The van der Waals surface area contributed by atoms with E-state index < -0.39 is 0 Å². The lowest BCUT2D eigenvalue weighted by Crippen LogP contribution is -2.30. The number of rotatable bonds is 6. The second-order valence-electron chi connectivity index (χ2n) is 7.52. The molecule has 0 saturated heterocycles. The lowest BCUT2D eigenvalue weighted by atomic mass is 10.1. The Morgan fingerprint density at radius 3 is 3.12 bits per heavy atom. The molecule has 0 spiro atoms. The Labute approximate surface area is 154 Å². The Morgan fingerprint density at radius 1 is 1.42 bits per heavy atom. The van der Waals surface area contributed by atoms with Crippen molar-refractivity contribution in [3.05, 3.63) is 47.0 Å². The summed E-state index contributed by atoms with van der Waals surface area (Å²) >= 11 is 0. The van der Waals surface area contributed by atoms with Gasteiger partial charge in [-0.3, -0.25) is 14.5 Å². The third kappa shape index (κ3) is 4.12. The van der Waals surface area contributed by atoms with Gasteiger partial charge in [-0.2, -0.15) is 5.10 Å². The summed E-state index contributed by atoms with van der Waals surface area (Å²) in [6.45, 7) is 4.92. The van der Waals surface area contributed by atoms with E-state index in [9.17, 15) is 4.79 Å². The van der Waals surface area contributed by atoms with E-state index in [1.54, 1.807) is 0 Å². The Kier molecular flexibility index (Phi) is 5.02. The van der Waals surface area contributed by atoms with Crippen LogP contribution in [-0.4, -0.2) is 27.2 Å². The van der Waals surface area contributed by atoms with Crippen LogP contribution in [-0.2, 0) is 24.3 Å². The van der Waals surface area contributed by atoms with E-state index >= 15 is 0 Å². The van der Waals surface area contributed by atoms with Crippen molar-refractivity contribution in [3.63, 3.8) is 0 Å². The molecule has 0 aromatic carbocycles. The second-order valence-corrected chi connectivity index (χ2v) is 7.52. The predicted molar refractivity (Wildman–Crippen MR) is 99.5 cm³/mol. The van der Waals surface area contributed by atoms with Crippen LogP contribution in [0.2, 0.25) is 0 Å². The molecule has 1 saturated carbocycles. The molecule has 2 aromatic rings. The topological polar surface area (TPSA) is 71.8 Å². The van der Waals surface area contributed by atoms with Crippen LogP contribution in [0.3, 0.4) is 0 Å². The first-order chi connectivity index (χ1) is 12.7. The number of fused-ring (bicyclic) bond motifs is 1. The lowest BCUT2D eigenvalue weighted by Gasteiger charge is -2.18. The third-order valence-electron chi connectivity index (χ3n) is 5.22. The maximum Gasteiger partial charge on any atom is 0.220 e. The third-order valence-corrected chi connectivity index (χ3v) is 5.22. The average Bonchev–Trinajstić information content (AvgIpc) is 3.43. The maximum atomic E-state index is 12.5. The number of carbonyl (C=O) groups excluding carboxylic acids is 1. The molecule has 1 atom stereocenters. The van der Waals surface area contributed by atoms with E-state index in [4.69, 9.17) is 0 Å². The molecule has 26 heavy (non-hydrogen) atoms. The fourth-order valence-electron chi connectivity index (χ4n) is 3.62. The van der Waals surface area contributed by atoms with E-state index in [0.29, 0.717) is 18.8 Å². The van der Waals surface area contributed by atoms with Gasteiger partial charge >= 0.3 is 0 Å². The molecule has 0 radical (unpaired) electrons. The summed E-state index contributed by atoms with van der Waals surface area (Å²) in [5, 5.41) is 11.3. The van der Waals surface area contributed by atoms with E-state index in [2.05, 4.69) is 44.5 Å². The molecule has 138 valence electrons. The molecule has 6 heteroatoms. The van der Waals surface area contributed by atoms with Crippen LogP contribution in [0.4, 0.5) is 0 Å². The SMILES string of the molecule is Cc1ccnc([C@H](NC(=O)CCc2cc3n(n2)CCCNC3)C2CC2)c1. The Hall–Kier alpha value is -2.21. The van der Waals surface area contributed by atoms with Crippen LogP contribution in [0, 0.1) is 12.8 Å². The van der Waals surface area contributed by atoms with Gasteiger partial charge in [0.25, 0.3) is 0 Å². The Morgan fingerprint density at radius 2 is 2.31 bits per heavy atom. The molecular formula is C20H27N5O. The predicted octanol–water partition coefficient (Wildman–Crippen LogP) is 2.28. The number of hydrogen-bond donors (Lipinski definition) is 2. The van der Waals surface area contributed by atoms with E-state index in [1.165, 1.54) is 24.1 Å². The number of amides is 1. The molecule has 2 N–H and O–H groups in total. The molecule has 0 unspecified atom stereocenters. The van der Waals surface area contributed by atoms with Gasteiger partial charge in [0.1, 0.15) is 0 Å². The van der Waals surface area contributed by atoms with E-state index in [1.807, 2.05) is 12.3 Å². The van der Waals surface area contributed by atoms with Crippen LogP contribution >= 0.6 is 0 Å². The van der Waals surface area contributed by atoms with Crippen molar-refractivity contribution in [2.24, 2.45) is 5.92 Å². The van der Waals surface area contributed by atoms with Crippen molar-refractivity contribution >= 4 is 5.91 Å². The van der Waals surface area contributed by atoms with Crippen LogP contribution in [0.25, 0.3) is 0 Å². The van der Waals surface area contributed by atoms with Crippen LogP contribution < -0.4 is 10.6 Å². The molecule has 3 heterocycles. The van der Waals surface area contributed by atoms with Crippen molar-refractivity contribution in [1.82, 2.24) is 25.4 Å². The standard InChI is InChI=1S/C20H27N5O/c1-14-7-9-22-18(11-14)20(15-3-4-15)23-19(26)6-5-16-12-17-13-21-8-2-10-25(17)24-16/h7,9,11-12,15,20-21H,2-6,8,10,13H2,1H3,(H,23,26)/t20-/m1/s1. The minimum atomic E-state index is 0.0466. The molecule has 1 amide bonds. The van der Waals surface area contributed by atoms with Crippen molar-refractivity contribution in [3.8, 4) is 0 Å². The lowest BCUT2D eigenvalue weighted by molar-refractivity contribution is -0.122. The summed E-state index contributed by atoms with van der Waals surface area (Å²) in [7, 11) is 0. The van der Waals surface area contributed by atoms with Crippen molar-refractivity contribution < 1.29 is 4.79 Å². The Bertz CT molecular complexity index is 757. The zero-order chi connectivity index (χ0) is 17.9. The summed E-state index contributed by atoms with van der Waals surface area (Å²) in [5.41, 5.74) is 4.40. The molecule has 4 rings (SSSR count). The van der Waals surface area contributed by atoms with E-state index in [-0.39, 0.29) is 11.9 Å². The van der Waals surface area contributed by atoms with Gasteiger partial charge in [0.2, 0.25) is 5.91 Å². The number of nitrogens with zero attached hydrogens (tertiary/aromatic N) is 3. The van der Waals surface area contributed by atoms with Gasteiger partial charge in [0.15, 0.2) is 0 Å². The summed E-state index contributed by atoms with van der Waals surface area (Å²) in [6.07, 6.45) is 6.42. The largest absolute Gasteiger partial charge is 0.347 e. The van der Waals surface area contributed by atoms with E-state index in [0.717, 1.165) is 37.4 Å². The zero-order valence-corrected chi connectivity index (χ0v) is 15.4. The van der Waals surface area contributed by atoms with Crippen LogP contribution in [0.15, 0.2) is 24.4 Å². The molecule has 1 aliphatic heterocycles. The van der Waals surface area contributed by atoms with Gasteiger partial charge in [-0.05, 0) is 62.4 Å². The highest BCUT2D eigenvalue weighted by Crippen LogP contribution is 2.40. The fraction of sp³-hybridized carbons (Fsp3) is 0.550. The first-order valence-corrected chi connectivity index (χ1v) is 9.67. The highest BCUT2D eigenvalue weighted by atomic mass is 16.1. The molecule has 1 aliphatic carbocycles. The number of pyridine rings is 1. The number of hydrogen-bond acceptors (Lipinski definition) is 4. The fourth-order valence-corrected chi connectivity index (χ4v) is 3.62. The summed E-state index contributed by atoms with van der Waals surface area (Å²) in [6, 6.07) is 6.26. The number of carbonyl (C=O) groups is 1. The summed E-state index contributed by atoms with van der Waals surface area (Å²) in [4.78, 5) is 17.0. The smallest absolute Gasteiger partial charge is 0.220 e. The first-order valence-electron chi connectivity index (χ1n) is 9.67. The normalized spacial score (nSPS) is 18.0. The summed E-state index contributed by atoms with van der Waals surface area (Å²) < 4.78 is 2.08. The first kappa shape index (κ1) is 17.2. The highest BCUT2D eigenvalue weighted by Gasteiger charge is 2.34. The second kappa shape index (κ2) is 7.58. The molecule has 0 bridgehead atoms. The maximum absolute atomic E-state index is 12.5. The number of nitrogens with one attached hydrogen (secondary N) is 2. The minimum absolute atomic E-state index is 0.0466. The van der Waals surface area contributed by atoms with Crippen LogP contribution in [0.1, 0.15) is 54.4 Å². The van der Waals surface area contributed by atoms with Gasteiger partial charge in [0, 0.05) is 32.1 Å². The van der Waals surface area contributed by atoms with Gasteiger partial charge < -0.3 is 10.6 Å².